The number of carbonyl (C=O) groups excluding carboxylic acids is 1. The lowest BCUT2D eigenvalue weighted by atomic mass is 9.82. The van der Waals surface area contributed by atoms with Gasteiger partial charge in [0.1, 0.15) is 18.5 Å². The van der Waals surface area contributed by atoms with Gasteiger partial charge >= 0.3 is 21.3 Å². The van der Waals surface area contributed by atoms with Crippen LogP contribution in [0.4, 0.5) is 8.78 Å². The molecule has 0 spiro atoms. The minimum atomic E-state index is -5.65. The maximum absolute atomic E-state index is 13.3. The molecule has 2 aliphatic rings. The Labute approximate surface area is 149 Å². The molecular formula is C16H18F2O7S. The lowest BCUT2D eigenvalue weighted by Crippen LogP contribution is -2.35. The van der Waals surface area contributed by atoms with Gasteiger partial charge in [-0.25, -0.2) is 0 Å². The Hall–Kier alpha value is -1.78. The number of hydrogen-bond acceptors (Lipinski definition) is 6. The number of esters is 1. The van der Waals surface area contributed by atoms with Gasteiger partial charge in [-0.1, -0.05) is 12.1 Å². The molecule has 2 unspecified atom stereocenters. The van der Waals surface area contributed by atoms with Gasteiger partial charge in [-0.3, -0.25) is 9.35 Å². The summed E-state index contributed by atoms with van der Waals surface area (Å²) in [7, 11) is -5.65. The zero-order valence-corrected chi connectivity index (χ0v) is 14.5. The van der Waals surface area contributed by atoms with Crippen molar-refractivity contribution in [2.45, 2.75) is 36.5 Å². The van der Waals surface area contributed by atoms with E-state index in [0.29, 0.717) is 43.8 Å². The van der Waals surface area contributed by atoms with E-state index in [2.05, 4.69) is 4.74 Å². The molecule has 1 aliphatic heterocycles. The van der Waals surface area contributed by atoms with Crippen molar-refractivity contribution < 1.29 is 40.8 Å². The van der Waals surface area contributed by atoms with Crippen LogP contribution in [0, 0.1) is 0 Å². The molecule has 1 aromatic rings. The lowest BCUT2D eigenvalue weighted by molar-refractivity contribution is -0.151. The third kappa shape index (κ3) is 4.13. The van der Waals surface area contributed by atoms with Gasteiger partial charge in [0.2, 0.25) is 0 Å². The number of rotatable bonds is 7. The first-order valence-electron chi connectivity index (χ1n) is 8.07. The van der Waals surface area contributed by atoms with Crippen LogP contribution < -0.4 is 4.74 Å². The van der Waals surface area contributed by atoms with E-state index in [1.165, 1.54) is 0 Å². The van der Waals surface area contributed by atoms with E-state index in [9.17, 15) is 22.0 Å². The first-order chi connectivity index (χ1) is 12.2. The summed E-state index contributed by atoms with van der Waals surface area (Å²) in [4.78, 5) is 12.2. The maximum atomic E-state index is 13.3. The summed E-state index contributed by atoms with van der Waals surface area (Å²) < 4.78 is 71.5. The molecule has 1 N–H and O–H groups in total. The molecule has 0 saturated carbocycles. The Bertz CT molecular complexity index is 790. The molecule has 7 nitrogen and oxygen atoms in total. The number of fused-ring (bicyclic) bond motifs is 1. The standard InChI is InChI=1S/C16H18F2O7S/c17-16(18,26(20,21)22)9-25-15(19)13-5-1-4-12-11(13)3-2-6-14(12)24-8-10-7-23-10/h2-3,6,10,13H,1,4-5,7-9H2,(H,20,21,22). The molecular weight excluding hydrogens is 374 g/mol. The fourth-order valence-electron chi connectivity index (χ4n) is 2.87. The van der Waals surface area contributed by atoms with Crippen molar-refractivity contribution in [3.63, 3.8) is 0 Å². The van der Waals surface area contributed by atoms with Crippen molar-refractivity contribution in [2.75, 3.05) is 19.8 Å². The van der Waals surface area contributed by atoms with Crippen LogP contribution in [0.5, 0.6) is 5.75 Å². The van der Waals surface area contributed by atoms with Crippen molar-refractivity contribution in [1.29, 1.82) is 0 Å². The van der Waals surface area contributed by atoms with Crippen LogP contribution in [0.1, 0.15) is 29.9 Å². The zero-order valence-electron chi connectivity index (χ0n) is 13.7. The van der Waals surface area contributed by atoms with Gasteiger partial charge in [0.25, 0.3) is 0 Å². The van der Waals surface area contributed by atoms with Crippen molar-refractivity contribution in [3.05, 3.63) is 29.3 Å². The maximum Gasteiger partial charge on any atom is 0.402 e. The molecule has 2 atom stereocenters. The van der Waals surface area contributed by atoms with E-state index in [-0.39, 0.29) is 6.10 Å². The van der Waals surface area contributed by atoms with Crippen LogP contribution in [-0.2, 0) is 30.8 Å². The van der Waals surface area contributed by atoms with Crippen LogP contribution in [0.15, 0.2) is 18.2 Å². The number of carbonyl (C=O) groups is 1. The Balaban J connectivity index is 1.72. The fourth-order valence-corrected chi connectivity index (χ4v) is 3.08. The smallest absolute Gasteiger partial charge is 0.402 e. The minimum Gasteiger partial charge on any atom is -0.490 e. The normalized spacial score (nSPS) is 22.4. The van der Waals surface area contributed by atoms with E-state index < -0.39 is 33.9 Å². The van der Waals surface area contributed by atoms with Gasteiger partial charge in [-0.2, -0.15) is 17.2 Å². The molecule has 0 radical (unpaired) electrons. The summed E-state index contributed by atoms with van der Waals surface area (Å²) >= 11 is 0. The second-order valence-electron chi connectivity index (χ2n) is 6.26. The molecule has 144 valence electrons. The largest absolute Gasteiger partial charge is 0.490 e. The predicted molar refractivity (Wildman–Crippen MR) is 84.8 cm³/mol. The topological polar surface area (TPSA) is 102 Å². The second-order valence-corrected chi connectivity index (χ2v) is 7.80. The Morgan fingerprint density at radius 1 is 1.38 bits per heavy atom. The van der Waals surface area contributed by atoms with Crippen molar-refractivity contribution in [2.24, 2.45) is 0 Å². The van der Waals surface area contributed by atoms with E-state index in [4.69, 9.17) is 14.0 Å². The lowest BCUT2D eigenvalue weighted by Gasteiger charge is -2.26. The molecule has 1 aromatic carbocycles. The first kappa shape index (κ1) is 19.0. The summed E-state index contributed by atoms with van der Waals surface area (Å²) in [6.07, 6.45) is 1.75. The molecule has 0 bridgehead atoms. The third-order valence-corrected chi connectivity index (χ3v) is 5.21. The number of epoxide rings is 1. The number of hydrogen-bond donors (Lipinski definition) is 1. The Kier molecular flexibility index (Phi) is 5.18. The van der Waals surface area contributed by atoms with Gasteiger partial charge in [0, 0.05) is 0 Å². The summed E-state index contributed by atoms with van der Waals surface area (Å²) in [5.41, 5.74) is 1.42. The molecule has 1 saturated heterocycles. The molecule has 0 amide bonds. The summed E-state index contributed by atoms with van der Waals surface area (Å²) in [6.45, 7) is -0.691. The Morgan fingerprint density at radius 2 is 2.12 bits per heavy atom. The van der Waals surface area contributed by atoms with Crippen molar-refractivity contribution in [3.8, 4) is 5.75 Å². The molecule has 1 fully saturated rings. The number of ether oxygens (including phenoxy) is 3. The molecule has 1 aliphatic carbocycles. The molecule has 26 heavy (non-hydrogen) atoms. The highest BCUT2D eigenvalue weighted by Crippen LogP contribution is 2.38. The Morgan fingerprint density at radius 3 is 2.77 bits per heavy atom. The van der Waals surface area contributed by atoms with Gasteiger partial charge in [-0.15, -0.1) is 0 Å². The number of benzene rings is 1. The third-order valence-electron chi connectivity index (χ3n) is 4.34. The van der Waals surface area contributed by atoms with Gasteiger partial charge < -0.3 is 14.2 Å². The number of alkyl halides is 2. The summed E-state index contributed by atoms with van der Waals surface area (Å²) in [6, 6.07) is 5.16. The average Bonchev–Trinajstić information content (AvgIpc) is 3.40. The second kappa shape index (κ2) is 7.09. The average molecular weight is 392 g/mol. The number of halogens is 2. The summed E-state index contributed by atoms with van der Waals surface area (Å²) in [5, 5.41) is -4.55. The van der Waals surface area contributed by atoms with Crippen LogP contribution in [0.2, 0.25) is 0 Å². The molecule has 1 heterocycles. The minimum absolute atomic E-state index is 0.0675. The van der Waals surface area contributed by atoms with E-state index in [0.717, 1.165) is 5.56 Å². The monoisotopic (exact) mass is 392 g/mol. The van der Waals surface area contributed by atoms with Crippen LogP contribution in [0.3, 0.4) is 0 Å². The highest BCUT2D eigenvalue weighted by Gasteiger charge is 2.46. The zero-order chi connectivity index (χ0) is 18.9. The van der Waals surface area contributed by atoms with Crippen LogP contribution in [-0.4, -0.2) is 50.1 Å². The fraction of sp³-hybridized carbons (Fsp3) is 0.562. The highest BCUT2D eigenvalue weighted by atomic mass is 32.2. The van der Waals surface area contributed by atoms with Gasteiger partial charge in [0.05, 0.1) is 12.5 Å². The first-order valence-corrected chi connectivity index (χ1v) is 9.51. The SMILES string of the molecule is O=C(OCC(F)(F)S(=O)(=O)O)C1CCCc2c(OCC3CO3)cccc21. The van der Waals surface area contributed by atoms with Gasteiger partial charge in [0.15, 0.2) is 6.61 Å². The van der Waals surface area contributed by atoms with E-state index in [1.807, 2.05) is 0 Å². The van der Waals surface area contributed by atoms with Gasteiger partial charge in [-0.05, 0) is 36.5 Å². The molecule has 0 aromatic heterocycles. The van der Waals surface area contributed by atoms with E-state index in [1.54, 1.807) is 18.2 Å². The quantitative estimate of drug-likeness (QED) is 0.430. The predicted octanol–water partition coefficient (Wildman–Crippen LogP) is 1.91. The summed E-state index contributed by atoms with van der Waals surface area (Å²) in [5.74, 6) is -1.15. The molecule has 10 heteroatoms. The van der Waals surface area contributed by atoms with Crippen LogP contribution >= 0.6 is 0 Å². The highest BCUT2D eigenvalue weighted by molar-refractivity contribution is 7.86. The van der Waals surface area contributed by atoms with Crippen molar-refractivity contribution in [1.82, 2.24) is 0 Å². The molecule has 3 rings (SSSR count). The van der Waals surface area contributed by atoms with Crippen LogP contribution in [0.25, 0.3) is 0 Å². The van der Waals surface area contributed by atoms with Crippen molar-refractivity contribution >= 4 is 16.1 Å². The van der Waals surface area contributed by atoms with E-state index >= 15 is 0 Å².